The molecular weight excluding hydrogens is 733 g/mol. The van der Waals surface area contributed by atoms with Gasteiger partial charge in [0.25, 0.3) is 11.5 Å². The smallest absolute Gasteiger partial charge is 0.387 e. The number of H-pyrrole nitrogens is 1. The number of phosphoric acid groups is 3. The number of rotatable bonds is 18. The minimum atomic E-state index is -5.81. The number of unbranched alkanes of at least 4 members (excludes halogenated alkanes) is 3. The first-order valence-electron chi connectivity index (χ1n) is 14.8. The van der Waals surface area contributed by atoms with Crippen molar-refractivity contribution in [1.82, 2.24) is 24.8 Å². The lowest BCUT2D eigenvalue weighted by Crippen LogP contribution is -2.34. The van der Waals surface area contributed by atoms with E-state index in [0.717, 1.165) is 17.4 Å². The molecule has 0 spiro atoms. The van der Waals surface area contributed by atoms with Gasteiger partial charge in [-0.25, -0.2) is 18.7 Å². The molecule has 3 aromatic rings. The summed E-state index contributed by atoms with van der Waals surface area (Å²) in [6.07, 6.45) is -3.99. The Kier molecular flexibility index (Phi) is 12.9. The summed E-state index contributed by atoms with van der Waals surface area (Å²) in [5.74, 6) is -0.532. The fourth-order valence-electron chi connectivity index (χ4n) is 4.92. The van der Waals surface area contributed by atoms with Crippen LogP contribution in [-0.2, 0) is 31.6 Å². The summed E-state index contributed by atoms with van der Waals surface area (Å²) in [6.45, 7) is -0.301. The number of aliphatic hydroxyl groups is 2. The second-order valence-electron chi connectivity index (χ2n) is 10.8. The van der Waals surface area contributed by atoms with Crippen LogP contribution in [0.3, 0.4) is 0 Å². The Morgan fingerprint density at radius 1 is 1.00 bits per heavy atom. The first-order chi connectivity index (χ1) is 23.4. The molecule has 1 aliphatic rings. The average molecular weight is 771 g/mol. The van der Waals surface area contributed by atoms with Crippen LogP contribution in [0.25, 0.3) is 11.2 Å². The Hall–Kier alpha value is -3.27. The van der Waals surface area contributed by atoms with Crippen LogP contribution in [0.5, 0.6) is 0 Å². The monoisotopic (exact) mass is 770 g/mol. The van der Waals surface area contributed by atoms with Crippen molar-refractivity contribution in [3.63, 3.8) is 0 Å². The molecule has 3 heterocycles. The number of fused-ring (bicyclic) bond motifs is 1. The standard InChI is InChI=1S/C24H37N8O15P3/c1-26-14-9-5-4-8-13(14)20(35)27-10-6-2-3-7-11-28-24-29-16-19(30-23(25)31-21(16)36)32(24)22-18(34)17(33)15(45-22)12-44-49(40,41)47-50(42,43)46-48(37,38)39/h4-5,8-9,15,17-18,22,26,33-34H,2-3,6-7,10-12H2,1H3,(H,27,35)(H,28,29)(H,40,41)(H,42,43)(H2,37,38,39)(H3,25,30,31,36)/t15-,17-,18-,22-/m1/s1. The number of aromatic nitrogens is 4. The van der Waals surface area contributed by atoms with Crippen LogP contribution in [0.1, 0.15) is 42.3 Å². The van der Waals surface area contributed by atoms with Gasteiger partial charge in [-0.15, -0.1) is 0 Å². The van der Waals surface area contributed by atoms with Gasteiger partial charge in [-0.3, -0.25) is 23.7 Å². The number of aliphatic hydroxyl groups excluding tert-OH is 2. The van der Waals surface area contributed by atoms with Crippen molar-refractivity contribution >= 4 is 58.1 Å². The highest BCUT2D eigenvalue weighted by Crippen LogP contribution is 2.66. The number of carbonyl (C=O) groups excluding carboxylic acids is 1. The molecule has 1 amide bonds. The van der Waals surface area contributed by atoms with Gasteiger partial charge < -0.3 is 56.2 Å². The quantitative estimate of drug-likeness (QED) is 0.0604. The van der Waals surface area contributed by atoms with Gasteiger partial charge in [0.2, 0.25) is 11.9 Å². The number of hydrogen-bond donors (Lipinski definition) is 11. The van der Waals surface area contributed by atoms with E-state index in [1.807, 2.05) is 6.07 Å². The first-order valence-corrected chi connectivity index (χ1v) is 19.3. The van der Waals surface area contributed by atoms with Crippen LogP contribution >= 0.6 is 23.5 Å². The fraction of sp³-hybridized carbons (Fsp3) is 0.500. The molecule has 1 aliphatic heterocycles. The summed E-state index contributed by atoms with van der Waals surface area (Å²) in [4.78, 5) is 72.1. The van der Waals surface area contributed by atoms with Crippen molar-refractivity contribution in [2.45, 2.75) is 50.2 Å². The molecule has 0 bridgehead atoms. The van der Waals surface area contributed by atoms with E-state index in [4.69, 9.17) is 20.3 Å². The zero-order valence-corrected chi connectivity index (χ0v) is 28.9. The lowest BCUT2D eigenvalue weighted by Gasteiger charge is -2.20. The molecule has 0 saturated carbocycles. The van der Waals surface area contributed by atoms with Crippen LogP contribution in [0.15, 0.2) is 29.1 Å². The number of nitrogens with one attached hydrogen (secondary N) is 4. The third kappa shape index (κ3) is 10.4. The Balaban J connectivity index is 1.36. The number of imidazole rings is 1. The minimum absolute atomic E-state index is 0.0242. The zero-order chi connectivity index (χ0) is 36.9. The number of hydrogen-bond acceptors (Lipinski definition) is 16. The highest BCUT2D eigenvalue weighted by atomic mass is 31.3. The zero-order valence-electron chi connectivity index (χ0n) is 26.2. The molecule has 1 saturated heterocycles. The summed E-state index contributed by atoms with van der Waals surface area (Å²) in [5, 5.41) is 30.4. The molecule has 0 radical (unpaired) electrons. The fourth-order valence-corrected chi connectivity index (χ4v) is 7.95. The van der Waals surface area contributed by atoms with E-state index in [1.54, 1.807) is 25.2 Å². The van der Waals surface area contributed by atoms with Crippen molar-refractivity contribution in [3.8, 4) is 0 Å². The number of anilines is 3. The summed E-state index contributed by atoms with van der Waals surface area (Å²) in [7, 11) is -15.3. The molecule has 2 aromatic heterocycles. The number of amides is 1. The molecule has 1 fully saturated rings. The van der Waals surface area contributed by atoms with Crippen LogP contribution < -0.4 is 27.2 Å². The maximum Gasteiger partial charge on any atom is 0.490 e. The third-order valence-corrected chi connectivity index (χ3v) is 10.9. The van der Waals surface area contributed by atoms with Crippen LogP contribution in [-0.4, -0.2) is 100 Å². The predicted octanol–water partition coefficient (Wildman–Crippen LogP) is 0.108. The van der Waals surface area contributed by atoms with Gasteiger partial charge in [0, 0.05) is 25.8 Å². The Labute approximate surface area is 282 Å². The Bertz CT molecular complexity index is 1870. The Morgan fingerprint density at radius 2 is 1.68 bits per heavy atom. The van der Waals surface area contributed by atoms with Crippen molar-refractivity contribution < 1.29 is 66.2 Å². The topological polar surface area (TPSA) is 352 Å². The lowest BCUT2D eigenvalue weighted by atomic mass is 10.1. The van der Waals surface area contributed by atoms with Gasteiger partial charge in [0.1, 0.15) is 18.3 Å². The van der Waals surface area contributed by atoms with Crippen LogP contribution in [0, 0.1) is 0 Å². The first kappa shape index (κ1) is 39.5. The number of phosphoric ester groups is 1. The predicted molar refractivity (Wildman–Crippen MR) is 174 cm³/mol. The number of nitrogens with zero attached hydrogens (tertiary/aromatic N) is 3. The van der Waals surface area contributed by atoms with Crippen molar-refractivity contribution in [1.29, 1.82) is 0 Å². The minimum Gasteiger partial charge on any atom is -0.387 e. The second-order valence-corrected chi connectivity index (χ2v) is 15.2. The number of ether oxygens (including phenoxy) is 1. The molecular formula is C24H37N8O15P3. The van der Waals surface area contributed by atoms with Crippen molar-refractivity contribution in [2.75, 3.05) is 43.1 Å². The highest BCUT2D eigenvalue weighted by Gasteiger charge is 2.47. The normalized spacial score (nSPS) is 21.8. The van der Waals surface area contributed by atoms with E-state index in [-0.39, 0.29) is 29.0 Å². The second kappa shape index (κ2) is 16.4. The van der Waals surface area contributed by atoms with Gasteiger partial charge in [-0.2, -0.15) is 13.6 Å². The summed E-state index contributed by atoms with van der Waals surface area (Å²) in [6, 6.07) is 7.12. The maximum atomic E-state index is 12.6. The van der Waals surface area contributed by atoms with E-state index < -0.39 is 60.2 Å². The van der Waals surface area contributed by atoms with Crippen molar-refractivity contribution in [2.24, 2.45) is 0 Å². The van der Waals surface area contributed by atoms with E-state index in [2.05, 4.69) is 44.0 Å². The summed E-state index contributed by atoms with van der Waals surface area (Å²) < 4.78 is 53.2. The van der Waals surface area contributed by atoms with E-state index in [0.29, 0.717) is 37.2 Å². The van der Waals surface area contributed by atoms with E-state index in [1.165, 1.54) is 0 Å². The number of para-hydroxylation sites is 1. The number of benzene rings is 1. The molecule has 12 N–H and O–H groups in total. The molecule has 2 unspecified atom stereocenters. The number of nitrogens with two attached hydrogens (primary N) is 1. The highest BCUT2D eigenvalue weighted by molar-refractivity contribution is 7.66. The molecule has 278 valence electrons. The van der Waals surface area contributed by atoms with Gasteiger partial charge in [-0.1, -0.05) is 25.0 Å². The number of nitrogen functional groups attached to an aromatic ring is 1. The molecule has 1 aromatic carbocycles. The molecule has 26 heteroatoms. The molecule has 50 heavy (non-hydrogen) atoms. The molecule has 6 atom stereocenters. The average Bonchev–Trinajstić information content (AvgIpc) is 3.51. The van der Waals surface area contributed by atoms with E-state index in [9.17, 15) is 43.3 Å². The Morgan fingerprint density at radius 3 is 2.36 bits per heavy atom. The van der Waals surface area contributed by atoms with Gasteiger partial charge in [0.15, 0.2) is 17.4 Å². The number of carbonyl (C=O) groups is 1. The van der Waals surface area contributed by atoms with Gasteiger partial charge in [-0.05, 0) is 25.0 Å². The maximum absolute atomic E-state index is 12.6. The van der Waals surface area contributed by atoms with Crippen molar-refractivity contribution in [3.05, 3.63) is 40.2 Å². The lowest BCUT2D eigenvalue weighted by molar-refractivity contribution is -0.0493. The molecule has 23 nitrogen and oxygen atoms in total. The molecule has 0 aliphatic carbocycles. The van der Waals surface area contributed by atoms with Gasteiger partial charge >= 0.3 is 23.5 Å². The van der Waals surface area contributed by atoms with E-state index >= 15 is 0 Å². The van der Waals surface area contributed by atoms with Crippen LogP contribution in [0.4, 0.5) is 17.6 Å². The number of aromatic amines is 1. The SMILES string of the molecule is CNc1ccccc1C(=O)NCCCCCCNc1nc2c(=O)[nH]c(N)nc2n1[C@@H]1O[C@H](COP(=O)(O)OP(=O)(O)OP(=O)(O)O)[C@@H](O)[C@H]1O. The third-order valence-electron chi connectivity index (χ3n) is 7.09. The largest absolute Gasteiger partial charge is 0.490 e. The van der Waals surface area contributed by atoms with Crippen LogP contribution in [0.2, 0.25) is 0 Å². The van der Waals surface area contributed by atoms with Gasteiger partial charge in [0.05, 0.1) is 12.2 Å². The molecule has 4 rings (SSSR count). The summed E-state index contributed by atoms with van der Waals surface area (Å²) >= 11 is 0. The summed E-state index contributed by atoms with van der Waals surface area (Å²) in [5.41, 5.74) is 5.87.